The number of nitrogen functional groups attached to an aromatic ring is 1. The van der Waals surface area contributed by atoms with Crippen molar-refractivity contribution in [1.29, 1.82) is 0 Å². The molecule has 0 unspecified atom stereocenters. The fraction of sp³-hybridized carbons (Fsp3) is 0.250. The first-order chi connectivity index (χ1) is 8.76. The van der Waals surface area contributed by atoms with Crippen LogP contribution in [0.1, 0.15) is 11.1 Å². The van der Waals surface area contributed by atoms with Crippen molar-refractivity contribution in [1.82, 2.24) is 15.0 Å². The summed E-state index contributed by atoms with van der Waals surface area (Å²) >= 11 is 1.45. The van der Waals surface area contributed by atoms with E-state index in [2.05, 4.69) is 27.1 Å². The Kier molecular flexibility index (Phi) is 2.89. The van der Waals surface area contributed by atoms with Gasteiger partial charge in [0.2, 0.25) is 5.95 Å². The molecule has 0 saturated carbocycles. The van der Waals surface area contributed by atoms with Crippen molar-refractivity contribution in [3.63, 3.8) is 0 Å². The van der Waals surface area contributed by atoms with Crippen LogP contribution in [0.4, 0.5) is 5.95 Å². The highest BCUT2D eigenvalue weighted by atomic mass is 32.2. The minimum atomic E-state index is 0.251. The summed E-state index contributed by atoms with van der Waals surface area (Å²) in [5.41, 5.74) is 9.05. The molecule has 2 heterocycles. The molecule has 2 aromatic rings. The van der Waals surface area contributed by atoms with Gasteiger partial charge in [-0.1, -0.05) is 23.9 Å². The van der Waals surface area contributed by atoms with Gasteiger partial charge in [0.15, 0.2) is 11.0 Å². The molecular formula is C12H12N4OS. The zero-order chi connectivity index (χ0) is 12.5. The predicted molar refractivity (Wildman–Crippen MR) is 69.9 cm³/mol. The van der Waals surface area contributed by atoms with Gasteiger partial charge >= 0.3 is 0 Å². The summed E-state index contributed by atoms with van der Waals surface area (Å²) in [5, 5.41) is 0.634. The first kappa shape index (κ1) is 11.4. The Morgan fingerprint density at radius 3 is 2.83 bits per heavy atom. The quantitative estimate of drug-likeness (QED) is 0.831. The molecule has 1 aliphatic rings. The average Bonchev–Trinajstić information content (AvgIpc) is 2.85. The molecule has 2 N–H and O–H groups in total. The molecule has 92 valence electrons. The number of hydrogen-bond acceptors (Lipinski definition) is 6. The van der Waals surface area contributed by atoms with Gasteiger partial charge in [0.25, 0.3) is 0 Å². The zero-order valence-corrected chi connectivity index (χ0v) is 10.7. The lowest BCUT2D eigenvalue weighted by molar-refractivity contribution is 0.134. The number of anilines is 1. The lowest BCUT2D eigenvalue weighted by atomic mass is 10.1. The minimum Gasteiger partial charge on any atom is -0.372 e. The molecule has 0 atom stereocenters. The molecule has 0 amide bonds. The number of aromatic nitrogens is 3. The Morgan fingerprint density at radius 2 is 2.00 bits per heavy atom. The third kappa shape index (κ3) is 2.04. The van der Waals surface area contributed by atoms with Crippen LogP contribution in [0.3, 0.4) is 0 Å². The van der Waals surface area contributed by atoms with Crippen LogP contribution in [-0.4, -0.2) is 21.2 Å². The number of benzene rings is 1. The van der Waals surface area contributed by atoms with Crippen LogP contribution in [0, 0.1) is 0 Å². The van der Waals surface area contributed by atoms with Gasteiger partial charge in [0.05, 0.1) is 13.2 Å². The number of fused-ring (bicyclic) bond motifs is 1. The summed E-state index contributed by atoms with van der Waals surface area (Å²) in [6.45, 7) is 1.34. The van der Waals surface area contributed by atoms with Gasteiger partial charge in [0, 0.05) is 5.56 Å². The largest absolute Gasteiger partial charge is 0.372 e. The van der Waals surface area contributed by atoms with Crippen molar-refractivity contribution in [3.8, 4) is 11.4 Å². The second-order valence-electron chi connectivity index (χ2n) is 3.98. The Balaban J connectivity index is 2.06. The number of hydrogen-bond donors (Lipinski definition) is 1. The van der Waals surface area contributed by atoms with Crippen molar-refractivity contribution in [2.45, 2.75) is 18.4 Å². The van der Waals surface area contributed by atoms with E-state index in [4.69, 9.17) is 10.5 Å². The lowest BCUT2D eigenvalue weighted by Gasteiger charge is -2.05. The molecule has 1 aliphatic heterocycles. The fourth-order valence-corrected chi connectivity index (χ4v) is 2.27. The van der Waals surface area contributed by atoms with E-state index in [9.17, 15) is 0 Å². The summed E-state index contributed by atoms with van der Waals surface area (Å²) in [4.78, 5) is 12.6. The highest BCUT2D eigenvalue weighted by Gasteiger charge is 2.13. The van der Waals surface area contributed by atoms with Crippen molar-refractivity contribution in [3.05, 3.63) is 29.3 Å². The summed E-state index contributed by atoms with van der Waals surface area (Å²) in [5.74, 6) is 0.864. The van der Waals surface area contributed by atoms with Crippen molar-refractivity contribution in [2.75, 3.05) is 12.0 Å². The highest BCUT2D eigenvalue weighted by molar-refractivity contribution is 7.98. The fourth-order valence-electron chi connectivity index (χ4n) is 1.90. The van der Waals surface area contributed by atoms with Crippen LogP contribution in [0.25, 0.3) is 11.4 Å². The monoisotopic (exact) mass is 260 g/mol. The minimum absolute atomic E-state index is 0.251. The summed E-state index contributed by atoms with van der Waals surface area (Å²) in [6.07, 6.45) is 1.91. The van der Waals surface area contributed by atoms with E-state index in [-0.39, 0.29) is 5.95 Å². The van der Waals surface area contributed by atoms with Gasteiger partial charge < -0.3 is 10.5 Å². The summed E-state index contributed by atoms with van der Waals surface area (Å²) < 4.78 is 5.39. The topological polar surface area (TPSA) is 73.9 Å². The molecule has 0 spiro atoms. The first-order valence-corrected chi connectivity index (χ1v) is 6.74. The molecule has 5 nitrogen and oxygen atoms in total. The third-order valence-corrected chi connectivity index (χ3v) is 3.34. The highest BCUT2D eigenvalue weighted by Crippen LogP contribution is 2.26. The van der Waals surface area contributed by atoms with E-state index in [1.54, 1.807) is 0 Å². The van der Waals surface area contributed by atoms with Crippen LogP contribution in [0.15, 0.2) is 23.4 Å². The van der Waals surface area contributed by atoms with Crippen LogP contribution >= 0.6 is 11.8 Å². The maximum absolute atomic E-state index is 5.68. The number of nitrogens with zero attached hydrogens (tertiary/aromatic N) is 3. The van der Waals surface area contributed by atoms with Crippen LogP contribution in [0.5, 0.6) is 0 Å². The Labute approximate surface area is 109 Å². The van der Waals surface area contributed by atoms with Crippen molar-refractivity contribution < 1.29 is 4.74 Å². The van der Waals surface area contributed by atoms with Crippen LogP contribution < -0.4 is 5.73 Å². The molecule has 0 aliphatic carbocycles. The van der Waals surface area contributed by atoms with Crippen molar-refractivity contribution in [2.24, 2.45) is 0 Å². The van der Waals surface area contributed by atoms with Gasteiger partial charge in [-0.15, -0.1) is 0 Å². The van der Waals surface area contributed by atoms with E-state index in [1.165, 1.54) is 22.9 Å². The van der Waals surface area contributed by atoms with Gasteiger partial charge in [-0.25, -0.2) is 4.98 Å². The SMILES string of the molecule is CSc1nc(N)nc(-c2ccc3c(c2)COC3)n1. The number of rotatable bonds is 2. The second-order valence-corrected chi connectivity index (χ2v) is 4.75. The van der Waals surface area contributed by atoms with E-state index in [1.807, 2.05) is 12.3 Å². The summed E-state index contributed by atoms with van der Waals surface area (Å²) in [7, 11) is 0. The second kappa shape index (κ2) is 4.55. The number of nitrogens with two attached hydrogens (primary N) is 1. The molecule has 6 heteroatoms. The van der Waals surface area contributed by atoms with Crippen LogP contribution in [-0.2, 0) is 18.0 Å². The van der Waals surface area contributed by atoms with Gasteiger partial charge in [-0.2, -0.15) is 9.97 Å². The van der Waals surface area contributed by atoms with E-state index in [0.717, 1.165) is 5.56 Å². The predicted octanol–water partition coefficient (Wildman–Crippen LogP) is 1.87. The third-order valence-electron chi connectivity index (χ3n) is 2.79. The van der Waals surface area contributed by atoms with E-state index < -0.39 is 0 Å². The Hall–Kier alpha value is -1.66. The molecule has 0 bridgehead atoms. The molecule has 1 aromatic heterocycles. The molecule has 0 radical (unpaired) electrons. The lowest BCUT2D eigenvalue weighted by Crippen LogP contribution is -2.01. The smallest absolute Gasteiger partial charge is 0.224 e. The van der Waals surface area contributed by atoms with Crippen molar-refractivity contribution >= 4 is 17.7 Å². The van der Waals surface area contributed by atoms with E-state index in [0.29, 0.717) is 24.2 Å². The Morgan fingerprint density at radius 1 is 1.17 bits per heavy atom. The normalized spacial score (nSPS) is 13.6. The summed E-state index contributed by atoms with van der Waals surface area (Å²) in [6, 6.07) is 6.10. The molecule has 3 rings (SSSR count). The maximum Gasteiger partial charge on any atom is 0.224 e. The standard InChI is InChI=1S/C12H12N4OS/c1-18-12-15-10(14-11(13)16-12)7-2-3-8-5-17-6-9(8)4-7/h2-4H,5-6H2,1H3,(H2,13,14,15,16). The number of thioether (sulfide) groups is 1. The zero-order valence-electron chi connectivity index (χ0n) is 9.88. The number of ether oxygens (including phenoxy) is 1. The molecule has 0 fully saturated rings. The van der Waals surface area contributed by atoms with Gasteiger partial charge in [-0.3, -0.25) is 0 Å². The molecule has 0 saturated heterocycles. The maximum atomic E-state index is 5.68. The van der Waals surface area contributed by atoms with Crippen LogP contribution in [0.2, 0.25) is 0 Å². The first-order valence-electron chi connectivity index (χ1n) is 5.52. The van der Waals surface area contributed by atoms with Gasteiger partial charge in [0.1, 0.15) is 0 Å². The van der Waals surface area contributed by atoms with E-state index >= 15 is 0 Å². The molecule has 18 heavy (non-hydrogen) atoms. The molecule has 1 aromatic carbocycles. The average molecular weight is 260 g/mol. The van der Waals surface area contributed by atoms with Gasteiger partial charge in [-0.05, 0) is 23.4 Å². The Bertz CT molecular complexity index is 603. The molecular weight excluding hydrogens is 248 g/mol.